The van der Waals surface area contributed by atoms with Crippen LogP contribution in [0.25, 0.3) is 0 Å². The molecule has 0 spiro atoms. The molecule has 33 heavy (non-hydrogen) atoms. The molecule has 2 aliphatic heterocycles. The van der Waals surface area contributed by atoms with Crippen LogP contribution in [0.5, 0.6) is 11.5 Å². The Morgan fingerprint density at radius 3 is 2.55 bits per heavy atom. The van der Waals surface area contributed by atoms with Gasteiger partial charge in [0, 0.05) is 6.54 Å². The smallest absolute Gasteiger partial charge is 0.316 e. The van der Waals surface area contributed by atoms with E-state index in [4.69, 9.17) is 14.2 Å². The molecule has 176 valence electrons. The first kappa shape index (κ1) is 23.4. The zero-order valence-electron chi connectivity index (χ0n) is 18.5. The summed E-state index contributed by atoms with van der Waals surface area (Å²) < 4.78 is 40.5. The van der Waals surface area contributed by atoms with Crippen molar-refractivity contribution in [2.45, 2.75) is 25.2 Å². The summed E-state index contributed by atoms with van der Waals surface area (Å²) in [6, 6.07) is 14.5. The second-order valence-electron chi connectivity index (χ2n) is 7.88. The third-order valence-electron chi connectivity index (χ3n) is 5.58. The van der Waals surface area contributed by atoms with Crippen LogP contribution in [0.3, 0.4) is 0 Å². The second kappa shape index (κ2) is 10.0. The SMILES string of the molecule is COc1ccc(CN2C(SCC(=O)OCc3ccccc3)=N[C@H]3CS(=O)(=O)C[C@@H]32)cc1OC. The molecule has 0 radical (unpaired) electrons. The molecule has 4 rings (SSSR count). The molecular weight excluding hydrogens is 464 g/mol. The van der Waals surface area contributed by atoms with E-state index in [-0.39, 0.29) is 41.9 Å². The molecule has 1 fully saturated rings. The molecule has 10 heteroatoms. The highest BCUT2D eigenvalue weighted by Gasteiger charge is 2.46. The third-order valence-corrected chi connectivity index (χ3v) is 8.26. The van der Waals surface area contributed by atoms with E-state index in [1.807, 2.05) is 53.4 Å². The first-order chi connectivity index (χ1) is 15.9. The summed E-state index contributed by atoms with van der Waals surface area (Å²) in [4.78, 5) is 18.9. The van der Waals surface area contributed by atoms with Gasteiger partial charge in [0.15, 0.2) is 26.5 Å². The van der Waals surface area contributed by atoms with Crippen molar-refractivity contribution in [3.05, 3.63) is 59.7 Å². The maximum atomic E-state index is 12.3. The summed E-state index contributed by atoms with van der Waals surface area (Å²) in [6.07, 6.45) is 0. The first-order valence-electron chi connectivity index (χ1n) is 10.5. The molecule has 0 unspecified atom stereocenters. The average Bonchev–Trinajstić information content (AvgIpc) is 3.28. The Balaban J connectivity index is 1.44. The Morgan fingerprint density at radius 2 is 1.82 bits per heavy atom. The lowest BCUT2D eigenvalue weighted by molar-refractivity contribution is -0.141. The molecule has 2 aromatic rings. The van der Waals surface area contributed by atoms with Crippen LogP contribution < -0.4 is 9.47 Å². The zero-order chi connectivity index (χ0) is 23.4. The molecule has 0 amide bonds. The number of hydrogen-bond acceptors (Lipinski definition) is 9. The standard InChI is InChI=1S/C23H26N2O6S2/c1-29-20-9-8-17(10-21(20)30-2)11-25-19-15-33(27,28)14-18(19)24-23(25)32-13-22(26)31-12-16-6-4-3-5-7-16/h3-10,18-19H,11-15H2,1-2H3/t18-,19-/m0/s1. The van der Waals surface area contributed by atoms with Crippen molar-refractivity contribution in [2.24, 2.45) is 4.99 Å². The van der Waals surface area contributed by atoms with Crippen LogP contribution >= 0.6 is 11.8 Å². The van der Waals surface area contributed by atoms with Gasteiger partial charge in [-0.25, -0.2) is 8.42 Å². The number of aliphatic imine (C=N–C) groups is 1. The number of methoxy groups -OCH3 is 2. The van der Waals surface area contributed by atoms with Crippen LogP contribution in [0, 0.1) is 0 Å². The highest BCUT2D eigenvalue weighted by molar-refractivity contribution is 8.14. The maximum absolute atomic E-state index is 12.3. The number of ether oxygens (including phenoxy) is 3. The predicted molar refractivity (Wildman–Crippen MR) is 127 cm³/mol. The Hall–Kier alpha value is -2.72. The number of sulfone groups is 1. The second-order valence-corrected chi connectivity index (χ2v) is 11.0. The number of carbonyl (C=O) groups excluding carboxylic acids is 1. The van der Waals surface area contributed by atoms with Crippen molar-refractivity contribution in [1.82, 2.24) is 4.90 Å². The molecule has 0 saturated carbocycles. The Labute approximate surface area is 197 Å². The van der Waals surface area contributed by atoms with Gasteiger partial charge in [-0.2, -0.15) is 0 Å². The van der Waals surface area contributed by atoms with Crippen molar-refractivity contribution >= 4 is 32.7 Å². The molecule has 0 N–H and O–H groups in total. The number of hydrogen-bond donors (Lipinski definition) is 0. The lowest BCUT2D eigenvalue weighted by Gasteiger charge is -2.26. The van der Waals surface area contributed by atoms with E-state index in [2.05, 4.69) is 4.99 Å². The van der Waals surface area contributed by atoms with Crippen molar-refractivity contribution in [2.75, 3.05) is 31.5 Å². The van der Waals surface area contributed by atoms with Gasteiger partial charge < -0.3 is 19.1 Å². The topological polar surface area (TPSA) is 94.5 Å². The minimum Gasteiger partial charge on any atom is -0.493 e. The number of fused-ring (bicyclic) bond motifs is 1. The van der Waals surface area contributed by atoms with Crippen LogP contribution in [0.1, 0.15) is 11.1 Å². The summed E-state index contributed by atoms with van der Waals surface area (Å²) >= 11 is 1.28. The maximum Gasteiger partial charge on any atom is 0.316 e. The third kappa shape index (κ3) is 5.62. The molecule has 0 aromatic heterocycles. The van der Waals surface area contributed by atoms with E-state index >= 15 is 0 Å². The number of nitrogens with zero attached hydrogens (tertiary/aromatic N) is 2. The van der Waals surface area contributed by atoms with Gasteiger partial charge >= 0.3 is 5.97 Å². The van der Waals surface area contributed by atoms with Gasteiger partial charge in [-0.15, -0.1) is 0 Å². The summed E-state index contributed by atoms with van der Waals surface area (Å²) in [6.45, 7) is 0.660. The van der Waals surface area contributed by atoms with E-state index < -0.39 is 9.84 Å². The predicted octanol–water partition coefficient (Wildman–Crippen LogP) is 2.52. The van der Waals surface area contributed by atoms with Crippen LogP contribution in [0.15, 0.2) is 53.5 Å². The van der Waals surface area contributed by atoms with Crippen LogP contribution in [0.2, 0.25) is 0 Å². The van der Waals surface area contributed by atoms with Crippen LogP contribution in [0.4, 0.5) is 0 Å². The van der Waals surface area contributed by atoms with E-state index in [1.54, 1.807) is 14.2 Å². The normalized spacial score (nSPS) is 20.8. The molecule has 1 saturated heterocycles. The minimum atomic E-state index is -3.14. The van der Waals surface area contributed by atoms with Crippen molar-refractivity contribution < 1.29 is 27.4 Å². The fourth-order valence-corrected chi connectivity index (χ4v) is 6.75. The molecule has 2 heterocycles. The van der Waals surface area contributed by atoms with Gasteiger partial charge in [0.25, 0.3) is 0 Å². The number of carbonyl (C=O) groups is 1. The fourth-order valence-electron chi connectivity index (χ4n) is 3.97. The fraction of sp³-hybridized carbons (Fsp3) is 0.391. The summed E-state index contributed by atoms with van der Waals surface area (Å²) in [5, 5.41) is 0.659. The minimum absolute atomic E-state index is 0.0304. The van der Waals surface area contributed by atoms with E-state index in [9.17, 15) is 13.2 Å². The Bertz CT molecular complexity index is 1140. The van der Waals surface area contributed by atoms with Gasteiger partial charge in [0.05, 0.1) is 43.6 Å². The van der Waals surface area contributed by atoms with Crippen molar-refractivity contribution in [1.29, 1.82) is 0 Å². The Morgan fingerprint density at radius 1 is 1.06 bits per heavy atom. The highest BCUT2D eigenvalue weighted by Crippen LogP contribution is 2.34. The zero-order valence-corrected chi connectivity index (χ0v) is 20.1. The monoisotopic (exact) mass is 490 g/mol. The van der Waals surface area contributed by atoms with Crippen molar-refractivity contribution in [3.63, 3.8) is 0 Å². The summed E-state index contributed by atoms with van der Waals surface area (Å²) in [5.74, 6) is 1.05. The van der Waals surface area contributed by atoms with Gasteiger partial charge in [-0.1, -0.05) is 48.2 Å². The molecule has 0 aliphatic carbocycles. The van der Waals surface area contributed by atoms with Crippen LogP contribution in [-0.4, -0.2) is 68.0 Å². The number of thioether (sulfide) groups is 1. The average molecular weight is 491 g/mol. The van der Waals surface area contributed by atoms with Gasteiger partial charge in [0.1, 0.15) is 6.61 Å². The molecular formula is C23H26N2O6S2. The number of esters is 1. The number of benzene rings is 2. The molecule has 2 aromatic carbocycles. The van der Waals surface area contributed by atoms with E-state index in [0.717, 1.165) is 11.1 Å². The van der Waals surface area contributed by atoms with E-state index in [1.165, 1.54) is 11.8 Å². The molecule has 0 bridgehead atoms. The number of rotatable bonds is 8. The molecule has 2 atom stereocenters. The highest BCUT2D eigenvalue weighted by atomic mass is 32.2. The Kier molecular flexibility index (Phi) is 7.14. The van der Waals surface area contributed by atoms with E-state index in [0.29, 0.717) is 23.2 Å². The van der Waals surface area contributed by atoms with Crippen molar-refractivity contribution in [3.8, 4) is 11.5 Å². The van der Waals surface area contributed by atoms with Gasteiger partial charge in [-0.3, -0.25) is 9.79 Å². The first-order valence-corrected chi connectivity index (χ1v) is 13.3. The lowest BCUT2D eigenvalue weighted by atomic mass is 10.1. The summed E-state index contributed by atoms with van der Waals surface area (Å²) in [7, 11) is 0.00148. The molecule has 8 nitrogen and oxygen atoms in total. The number of amidine groups is 1. The van der Waals surface area contributed by atoms with Crippen LogP contribution in [-0.2, 0) is 32.5 Å². The van der Waals surface area contributed by atoms with Gasteiger partial charge in [-0.05, 0) is 23.3 Å². The largest absolute Gasteiger partial charge is 0.493 e. The van der Waals surface area contributed by atoms with Gasteiger partial charge in [0.2, 0.25) is 0 Å². The quantitative estimate of drug-likeness (QED) is 0.521. The summed E-state index contributed by atoms with van der Waals surface area (Å²) in [5.41, 5.74) is 1.85. The molecule has 2 aliphatic rings. The lowest BCUT2D eigenvalue weighted by Crippen LogP contribution is -2.38.